The zero-order valence-corrected chi connectivity index (χ0v) is 8.42. The summed E-state index contributed by atoms with van der Waals surface area (Å²) in [5, 5.41) is 3.20. The molecule has 0 radical (unpaired) electrons. The molecule has 0 saturated heterocycles. The van der Waals surface area contributed by atoms with Crippen molar-refractivity contribution in [1.82, 2.24) is 10.3 Å². The third-order valence-corrected chi connectivity index (χ3v) is 1.85. The van der Waals surface area contributed by atoms with Crippen LogP contribution >= 0.6 is 0 Å². The molecule has 1 aromatic heterocycles. The Kier molecular flexibility index (Phi) is 3.71. The van der Waals surface area contributed by atoms with Gasteiger partial charge in [0, 0.05) is 6.54 Å². The van der Waals surface area contributed by atoms with Gasteiger partial charge in [0.15, 0.2) is 0 Å². The molecule has 0 aliphatic rings. The second-order valence-corrected chi connectivity index (χ2v) is 2.95. The van der Waals surface area contributed by atoms with E-state index < -0.39 is 0 Å². The van der Waals surface area contributed by atoms with Crippen LogP contribution in [-0.2, 0) is 6.54 Å². The predicted octanol–water partition coefficient (Wildman–Crippen LogP) is 1.96. The van der Waals surface area contributed by atoms with Crippen LogP contribution in [0.3, 0.4) is 0 Å². The zero-order chi connectivity index (χ0) is 9.68. The van der Waals surface area contributed by atoms with E-state index in [9.17, 15) is 0 Å². The highest BCUT2D eigenvalue weighted by Crippen LogP contribution is 2.07. The first-order valence-electron chi connectivity index (χ1n) is 4.49. The maximum absolute atomic E-state index is 5.40. The van der Waals surface area contributed by atoms with Crippen molar-refractivity contribution in [2.45, 2.75) is 27.3 Å². The maximum Gasteiger partial charge on any atom is 0.208 e. The lowest BCUT2D eigenvalue weighted by atomic mass is 10.4. The minimum absolute atomic E-state index is 0.693. The lowest BCUT2D eigenvalue weighted by Crippen LogP contribution is -2.12. The molecule has 0 aliphatic carbocycles. The standard InChI is InChI=1S/C10H16N2O/c1-4-5-6-11-7-10-12-8(2)9(3)13-10/h4-5,11H,6-7H2,1-3H3/b5-4+. The second-order valence-electron chi connectivity index (χ2n) is 2.95. The Morgan fingerprint density at radius 3 is 2.77 bits per heavy atom. The molecule has 3 nitrogen and oxygen atoms in total. The zero-order valence-electron chi connectivity index (χ0n) is 8.42. The monoisotopic (exact) mass is 180 g/mol. The van der Waals surface area contributed by atoms with E-state index in [1.54, 1.807) is 0 Å². The van der Waals surface area contributed by atoms with Gasteiger partial charge in [0.25, 0.3) is 0 Å². The van der Waals surface area contributed by atoms with Gasteiger partial charge in [-0.3, -0.25) is 0 Å². The number of nitrogens with zero attached hydrogens (tertiary/aromatic N) is 1. The smallest absolute Gasteiger partial charge is 0.208 e. The number of hydrogen-bond donors (Lipinski definition) is 1. The Hall–Kier alpha value is -1.09. The summed E-state index contributed by atoms with van der Waals surface area (Å²) in [5.74, 6) is 1.67. The van der Waals surface area contributed by atoms with E-state index in [2.05, 4.69) is 16.4 Å². The van der Waals surface area contributed by atoms with Gasteiger partial charge >= 0.3 is 0 Å². The number of aromatic nitrogens is 1. The number of hydrogen-bond acceptors (Lipinski definition) is 3. The first-order valence-corrected chi connectivity index (χ1v) is 4.49. The van der Waals surface area contributed by atoms with E-state index >= 15 is 0 Å². The summed E-state index contributed by atoms with van der Waals surface area (Å²) in [6.07, 6.45) is 4.07. The van der Waals surface area contributed by atoms with E-state index in [-0.39, 0.29) is 0 Å². The Balaban J connectivity index is 2.37. The third kappa shape index (κ3) is 3.03. The van der Waals surface area contributed by atoms with Crippen LogP contribution in [-0.4, -0.2) is 11.5 Å². The largest absolute Gasteiger partial charge is 0.444 e. The van der Waals surface area contributed by atoms with Crippen molar-refractivity contribution < 1.29 is 4.42 Å². The number of nitrogens with one attached hydrogen (secondary N) is 1. The fourth-order valence-electron chi connectivity index (χ4n) is 0.995. The Morgan fingerprint density at radius 1 is 1.46 bits per heavy atom. The minimum Gasteiger partial charge on any atom is -0.444 e. The molecule has 0 atom stereocenters. The number of rotatable bonds is 4. The van der Waals surface area contributed by atoms with Crippen molar-refractivity contribution in [3.05, 3.63) is 29.5 Å². The van der Waals surface area contributed by atoms with E-state index in [0.717, 1.165) is 23.9 Å². The van der Waals surface area contributed by atoms with E-state index in [1.807, 2.05) is 26.8 Å². The molecule has 3 heteroatoms. The number of oxazole rings is 1. The van der Waals surface area contributed by atoms with Gasteiger partial charge in [0.1, 0.15) is 5.76 Å². The molecular weight excluding hydrogens is 164 g/mol. The molecular formula is C10H16N2O. The van der Waals surface area contributed by atoms with Gasteiger partial charge in [0.2, 0.25) is 5.89 Å². The first kappa shape index (κ1) is 9.99. The van der Waals surface area contributed by atoms with Crippen LogP contribution in [0, 0.1) is 13.8 Å². The molecule has 1 heterocycles. The molecule has 1 aromatic rings. The fraction of sp³-hybridized carbons (Fsp3) is 0.500. The molecule has 0 fully saturated rings. The van der Waals surface area contributed by atoms with Gasteiger partial charge in [-0.15, -0.1) is 0 Å². The molecule has 0 spiro atoms. The van der Waals surface area contributed by atoms with E-state index in [1.165, 1.54) is 0 Å². The molecule has 13 heavy (non-hydrogen) atoms. The molecule has 0 saturated carbocycles. The highest BCUT2D eigenvalue weighted by atomic mass is 16.4. The Labute approximate surface area is 78.9 Å². The van der Waals surface area contributed by atoms with Crippen molar-refractivity contribution >= 4 is 0 Å². The fourth-order valence-corrected chi connectivity index (χ4v) is 0.995. The highest BCUT2D eigenvalue weighted by Gasteiger charge is 2.03. The molecule has 0 unspecified atom stereocenters. The first-order chi connectivity index (χ1) is 6.24. The summed E-state index contributed by atoms with van der Waals surface area (Å²) < 4.78 is 5.40. The SMILES string of the molecule is C/C=C/CNCc1nc(C)c(C)o1. The summed E-state index contributed by atoms with van der Waals surface area (Å²) in [4.78, 5) is 4.25. The summed E-state index contributed by atoms with van der Waals surface area (Å²) in [6.45, 7) is 7.43. The number of aryl methyl sites for hydroxylation is 2. The molecule has 0 amide bonds. The maximum atomic E-state index is 5.40. The summed E-state index contributed by atoms with van der Waals surface area (Å²) in [7, 11) is 0. The van der Waals surface area contributed by atoms with Crippen molar-refractivity contribution in [2.75, 3.05) is 6.54 Å². The predicted molar refractivity (Wildman–Crippen MR) is 52.5 cm³/mol. The lowest BCUT2D eigenvalue weighted by molar-refractivity contribution is 0.454. The quantitative estimate of drug-likeness (QED) is 0.568. The number of allylic oxidation sites excluding steroid dienone is 1. The molecule has 1 N–H and O–H groups in total. The van der Waals surface area contributed by atoms with Crippen molar-refractivity contribution in [1.29, 1.82) is 0 Å². The van der Waals surface area contributed by atoms with Crippen LogP contribution in [0.2, 0.25) is 0 Å². The van der Waals surface area contributed by atoms with Crippen molar-refractivity contribution in [3.63, 3.8) is 0 Å². The topological polar surface area (TPSA) is 38.1 Å². The van der Waals surface area contributed by atoms with E-state index in [4.69, 9.17) is 4.42 Å². The second kappa shape index (κ2) is 4.82. The van der Waals surface area contributed by atoms with Crippen LogP contribution in [0.25, 0.3) is 0 Å². The molecule has 1 rings (SSSR count). The Morgan fingerprint density at radius 2 is 2.23 bits per heavy atom. The van der Waals surface area contributed by atoms with Gasteiger partial charge in [0.05, 0.1) is 12.2 Å². The van der Waals surface area contributed by atoms with Gasteiger partial charge in [-0.25, -0.2) is 4.98 Å². The van der Waals surface area contributed by atoms with Crippen molar-refractivity contribution in [3.8, 4) is 0 Å². The summed E-state index contributed by atoms with van der Waals surface area (Å²) >= 11 is 0. The summed E-state index contributed by atoms with van der Waals surface area (Å²) in [6, 6.07) is 0. The average Bonchev–Trinajstić information content (AvgIpc) is 2.41. The van der Waals surface area contributed by atoms with Gasteiger partial charge in [-0.2, -0.15) is 0 Å². The molecule has 0 bridgehead atoms. The average molecular weight is 180 g/mol. The molecule has 72 valence electrons. The minimum atomic E-state index is 0.693. The van der Waals surface area contributed by atoms with Crippen LogP contribution < -0.4 is 5.32 Å². The lowest BCUT2D eigenvalue weighted by Gasteiger charge is -1.95. The normalized spacial score (nSPS) is 11.3. The molecule has 0 aromatic carbocycles. The van der Waals surface area contributed by atoms with Crippen LogP contribution in [0.1, 0.15) is 24.3 Å². The van der Waals surface area contributed by atoms with Gasteiger partial charge in [-0.1, -0.05) is 12.2 Å². The van der Waals surface area contributed by atoms with Crippen LogP contribution in [0.15, 0.2) is 16.6 Å². The molecule has 0 aliphatic heterocycles. The van der Waals surface area contributed by atoms with Crippen molar-refractivity contribution in [2.24, 2.45) is 0 Å². The highest BCUT2D eigenvalue weighted by molar-refractivity contribution is 5.05. The Bertz CT molecular complexity index is 270. The van der Waals surface area contributed by atoms with Gasteiger partial charge < -0.3 is 9.73 Å². The van der Waals surface area contributed by atoms with Crippen LogP contribution in [0.5, 0.6) is 0 Å². The van der Waals surface area contributed by atoms with Gasteiger partial charge in [-0.05, 0) is 20.8 Å². The van der Waals surface area contributed by atoms with E-state index in [0.29, 0.717) is 6.54 Å². The van der Waals surface area contributed by atoms with Crippen LogP contribution in [0.4, 0.5) is 0 Å². The third-order valence-electron chi connectivity index (χ3n) is 1.85. The summed E-state index contributed by atoms with van der Waals surface area (Å²) in [5.41, 5.74) is 0.975.